The van der Waals surface area contributed by atoms with Crippen LogP contribution in [0.5, 0.6) is 11.5 Å². The van der Waals surface area contributed by atoms with Gasteiger partial charge in [-0.15, -0.1) is 0 Å². The van der Waals surface area contributed by atoms with Gasteiger partial charge in [-0.25, -0.2) is 4.39 Å². The summed E-state index contributed by atoms with van der Waals surface area (Å²) >= 11 is 1.81. The van der Waals surface area contributed by atoms with E-state index in [9.17, 15) is 9.18 Å². The van der Waals surface area contributed by atoms with E-state index >= 15 is 0 Å². The Morgan fingerprint density at radius 3 is 2.76 bits per heavy atom. The first-order valence-corrected chi connectivity index (χ1v) is 7.82. The van der Waals surface area contributed by atoms with Gasteiger partial charge >= 0.3 is 0 Å². The second-order valence-electron chi connectivity index (χ2n) is 4.67. The van der Waals surface area contributed by atoms with Crippen LogP contribution < -0.4 is 20.1 Å². The zero-order valence-corrected chi connectivity index (χ0v) is 12.9. The molecule has 2 N–H and O–H groups in total. The highest BCUT2D eigenvalue weighted by Crippen LogP contribution is 2.32. The van der Waals surface area contributed by atoms with E-state index in [2.05, 4.69) is 10.6 Å². The molecule has 1 amide bonds. The molecule has 1 aromatic rings. The summed E-state index contributed by atoms with van der Waals surface area (Å²) in [5.41, 5.74) is 0.0983. The van der Waals surface area contributed by atoms with Crippen LogP contribution in [0.15, 0.2) is 12.1 Å². The smallest absolute Gasteiger partial charge is 0.226 e. The lowest BCUT2D eigenvalue weighted by Gasteiger charge is -2.22. The van der Waals surface area contributed by atoms with Crippen molar-refractivity contribution in [2.24, 2.45) is 0 Å². The molecule has 1 atom stereocenters. The molecule has 0 aliphatic carbocycles. The number of rotatable bonds is 5. The maximum atomic E-state index is 13.9. The van der Waals surface area contributed by atoms with Crippen LogP contribution in [0.2, 0.25) is 0 Å². The molecule has 2 rings (SSSR count). The Labute approximate surface area is 127 Å². The number of carbonyl (C=O) groups is 1. The number of benzene rings is 1. The first kappa shape index (κ1) is 15.9. The molecule has 5 nitrogen and oxygen atoms in total. The molecule has 1 unspecified atom stereocenters. The summed E-state index contributed by atoms with van der Waals surface area (Å²) in [5.74, 6) is 1.84. The third kappa shape index (κ3) is 4.25. The van der Waals surface area contributed by atoms with Crippen molar-refractivity contribution in [1.82, 2.24) is 5.32 Å². The number of ether oxygens (including phenoxy) is 2. The van der Waals surface area contributed by atoms with E-state index in [1.54, 1.807) is 0 Å². The number of methoxy groups -OCH3 is 2. The average molecular weight is 314 g/mol. The lowest BCUT2D eigenvalue weighted by Crippen LogP contribution is -2.39. The average Bonchev–Trinajstić information content (AvgIpc) is 2.49. The van der Waals surface area contributed by atoms with E-state index < -0.39 is 5.82 Å². The number of anilines is 1. The lowest BCUT2D eigenvalue weighted by atomic mass is 10.2. The van der Waals surface area contributed by atoms with Gasteiger partial charge in [0, 0.05) is 42.6 Å². The Morgan fingerprint density at radius 2 is 2.14 bits per heavy atom. The standard InChI is InChI=1S/C14H19FN2O3S/c1-19-12-6-10(15)11(7-13(12)20-2)17-14(18)5-9-8-21-4-3-16-9/h6-7,9,16H,3-5,8H2,1-2H3,(H,17,18). The molecule has 1 aliphatic rings. The van der Waals surface area contributed by atoms with E-state index in [1.165, 1.54) is 26.4 Å². The molecule has 1 saturated heterocycles. The highest BCUT2D eigenvalue weighted by atomic mass is 32.2. The minimum absolute atomic E-state index is 0.0983. The summed E-state index contributed by atoms with van der Waals surface area (Å²) in [5, 5.41) is 5.86. The number of hydrogen-bond donors (Lipinski definition) is 2. The number of halogens is 1. The van der Waals surface area contributed by atoms with Crippen molar-refractivity contribution in [1.29, 1.82) is 0 Å². The zero-order valence-electron chi connectivity index (χ0n) is 12.1. The van der Waals surface area contributed by atoms with Crippen LogP contribution >= 0.6 is 11.8 Å². The Hall–Kier alpha value is -1.47. The fraction of sp³-hybridized carbons (Fsp3) is 0.500. The van der Waals surface area contributed by atoms with Crippen LogP contribution in [0.3, 0.4) is 0 Å². The fourth-order valence-corrected chi connectivity index (χ4v) is 3.07. The molecular weight excluding hydrogens is 295 g/mol. The van der Waals surface area contributed by atoms with Crippen molar-refractivity contribution in [2.45, 2.75) is 12.5 Å². The summed E-state index contributed by atoms with van der Waals surface area (Å²) in [6.07, 6.45) is 0.320. The minimum Gasteiger partial charge on any atom is -0.493 e. The van der Waals surface area contributed by atoms with Gasteiger partial charge < -0.3 is 20.1 Å². The molecule has 1 heterocycles. The quantitative estimate of drug-likeness (QED) is 0.869. The van der Waals surface area contributed by atoms with Crippen LogP contribution in [0.1, 0.15) is 6.42 Å². The molecule has 1 aromatic carbocycles. The Morgan fingerprint density at radius 1 is 1.43 bits per heavy atom. The Kier molecular flexibility index (Phi) is 5.69. The van der Waals surface area contributed by atoms with Gasteiger partial charge in [0.2, 0.25) is 5.91 Å². The third-order valence-electron chi connectivity index (χ3n) is 3.18. The van der Waals surface area contributed by atoms with Gasteiger partial charge in [0.25, 0.3) is 0 Å². The molecular formula is C14H19FN2O3S. The van der Waals surface area contributed by atoms with E-state index in [1.807, 2.05) is 11.8 Å². The van der Waals surface area contributed by atoms with Crippen molar-refractivity contribution >= 4 is 23.4 Å². The summed E-state index contributed by atoms with van der Waals surface area (Å²) in [6.45, 7) is 0.896. The highest BCUT2D eigenvalue weighted by molar-refractivity contribution is 7.99. The van der Waals surface area contributed by atoms with Crippen molar-refractivity contribution in [2.75, 3.05) is 37.6 Å². The molecule has 0 radical (unpaired) electrons. The van der Waals surface area contributed by atoms with Crippen molar-refractivity contribution in [3.8, 4) is 11.5 Å². The zero-order chi connectivity index (χ0) is 15.2. The van der Waals surface area contributed by atoms with Gasteiger partial charge in [0.1, 0.15) is 0 Å². The molecule has 0 bridgehead atoms. The molecule has 0 spiro atoms. The molecule has 116 valence electrons. The molecule has 21 heavy (non-hydrogen) atoms. The maximum Gasteiger partial charge on any atom is 0.226 e. The second-order valence-corrected chi connectivity index (χ2v) is 5.82. The van der Waals surface area contributed by atoms with Gasteiger partial charge in [0.05, 0.1) is 19.9 Å². The Bertz CT molecular complexity index is 507. The van der Waals surface area contributed by atoms with Crippen LogP contribution in [0.25, 0.3) is 0 Å². The number of nitrogens with one attached hydrogen (secondary N) is 2. The summed E-state index contributed by atoms with van der Waals surface area (Å²) in [6, 6.07) is 2.75. The highest BCUT2D eigenvalue weighted by Gasteiger charge is 2.18. The van der Waals surface area contributed by atoms with Crippen molar-refractivity contribution < 1.29 is 18.7 Å². The number of hydrogen-bond acceptors (Lipinski definition) is 5. The minimum atomic E-state index is -0.549. The predicted molar refractivity (Wildman–Crippen MR) is 81.9 cm³/mol. The normalized spacial score (nSPS) is 18.1. The van der Waals surface area contributed by atoms with Crippen LogP contribution in [-0.2, 0) is 4.79 Å². The van der Waals surface area contributed by atoms with Crippen LogP contribution in [0.4, 0.5) is 10.1 Å². The fourth-order valence-electron chi connectivity index (χ4n) is 2.13. The van der Waals surface area contributed by atoms with Crippen LogP contribution in [0, 0.1) is 5.82 Å². The van der Waals surface area contributed by atoms with E-state index in [0.717, 1.165) is 18.1 Å². The van der Waals surface area contributed by atoms with Gasteiger partial charge in [-0.3, -0.25) is 4.79 Å². The molecule has 0 aromatic heterocycles. The molecule has 1 fully saturated rings. The predicted octanol–water partition coefficient (Wildman–Crippen LogP) is 1.88. The lowest BCUT2D eigenvalue weighted by molar-refractivity contribution is -0.116. The number of thioether (sulfide) groups is 1. The van der Waals surface area contributed by atoms with Gasteiger partial charge in [-0.2, -0.15) is 11.8 Å². The van der Waals surface area contributed by atoms with E-state index in [0.29, 0.717) is 17.9 Å². The Balaban J connectivity index is 2.02. The largest absolute Gasteiger partial charge is 0.493 e. The van der Waals surface area contributed by atoms with E-state index in [4.69, 9.17) is 9.47 Å². The topological polar surface area (TPSA) is 59.6 Å². The summed E-state index contributed by atoms with van der Waals surface area (Å²) < 4.78 is 24.0. The van der Waals surface area contributed by atoms with E-state index in [-0.39, 0.29) is 17.6 Å². The molecule has 0 saturated carbocycles. The SMILES string of the molecule is COc1cc(F)c(NC(=O)CC2CSCCN2)cc1OC. The number of amides is 1. The monoisotopic (exact) mass is 314 g/mol. The summed E-state index contributed by atoms with van der Waals surface area (Å²) in [4.78, 5) is 12.0. The number of carbonyl (C=O) groups excluding carboxylic acids is 1. The maximum absolute atomic E-state index is 13.9. The van der Waals surface area contributed by atoms with Crippen molar-refractivity contribution in [3.63, 3.8) is 0 Å². The van der Waals surface area contributed by atoms with Crippen LogP contribution in [-0.4, -0.2) is 44.2 Å². The first-order valence-electron chi connectivity index (χ1n) is 6.66. The molecule has 7 heteroatoms. The van der Waals surface area contributed by atoms with Gasteiger partial charge in [0.15, 0.2) is 17.3 Å². The van der Waals surface area contributed by atoms with Gasteiger partial charge in [-0.1, -0.05) is 0 Å². The first-order chi connectivity index (χ1) is 10.1. The van der Waals surface area contributed by atoms with Gasteiger partial charge in [-0.05, 0) is 0 Å². The third-order valence-corrected chi connectivity index (χ3v) is 4.31. The van der Waals surface area contributed by atoms with Crippen molar-refractivity contribution in [3.05, 3.63) is 17.9 Å². The second kappa shape index (κ2) is 7.51. The molecule has 1 aliphatic heterocycles. The summed E-state index contributed by atoms with van der Waals surface area (Å²) in [7, 11) is 2.90.